The van der Waals surface area contributed by atoms with E-state index in [0.717, 1.165) is 39.8 Å². The average molecular weight is 646 g/mol. The summed E-state index contributed by atoms with van der Waals surface area (Å²) in [6.07, 6.45) is 3.02. The van der Waals surface area contributed by atoms with E-state index in [1.807, 2.05) is 46.9 Å². The fourth-order valence-electron chi connectivity index (χ4n) is 4.60. The molecule has 0 saturated heterocycles. The van der Waals surface area contributed by atoms with Gasteiger partial charge in [-0.2, -0.15) is 0 Å². The molecule has 0 bridgehead atoms. The quantitative estimate of drug-likeness (QED) is 0.192. The Balaban J connectivity index is 1.53. The van der Waals surface area contributed by atoms with Crippen LogP contribution in [0.1, 0.15) is 27.9 Å². The standard InChI is InChI=1S/C28H22Cl2IN3O3/c1-34-23(31)13-12-20(28(34)36)26(35)32-21-11-5-9-18(25(21)30)17-8-4-10-19(24(17)29)22-14-15-6-3-7-16(15)27(33-22)37-2/h4-5,8-14H,3,6-7H2,1-2H3,(H,32,35). The number of fused-ring (bicyclic) bond motifs is 1. The van der Waals surface area contributed by atoms with Crippen LogP contribution < -0.4 is 15.6 Å². The molecule has 9 heteroatoms. The molecular weight excluding hydrogens is 624 g/mol. The Morgan fingerprint density at radius 3 is 2.49 bits per heavy atom. The highest BCUT2D eigenvalue weighted by Gasteiger charge is 2.22. The third kappa shape index (κ3) is 4.76. The largest absolute Gasteiger partial charge is 0.481 e. The molecule has 2 aromatic heterocycles. The minimum atomic E-state index is -0.537. The van der Waals surface area contributed by atoms with Crippen molar-refractivity contribution in [2.24, 2.45) is 7.05 Å². The molecule has 2 aromatic carbocycles. The average Bonchev–Trinajstić information content (AvgIpc) is 3.37. The van der Waals surface area contributed by atoms with Crippen LogP contribution >= 0.6 is 45.8 Å². The van der Waals surface area contributed by atoms with Crippen molar-refractivity contribution in [2.75, 3.05) is 12.4 Å². The molecule has 1 aliphatic carbocycles. The summed E-state index contributed by atoms with van der Waals surface area (Å²) in [6.45, 7) is 0. The van der Waals surface area contributed by atoms with Gasteiger partial charge in [0.05, 0.1) is 32.2 Å². The van der Waals surface area contributed by atoms with E-state index in [1.165, 1.54) is 16.2 Å². The zero-order chi connectivity index (χ0) is 26.3. The molecule has 0 saturated carbocycles. The third-order valence-electron chi connectivity index (χ3n) is 6.54. The number of aromatic nitrogens is 2. The number of carbonyl (C=O) groups is 1. The maximum atomic E-state index is 12.9. The molecular formula is C28H22Cl2IN3O3. The van der Waals surface area contributed by atoms with Gasteiger partial charge in [-0.25, -0.2) is 4.98 Å². The van der Waals surface area contributed by atoms with Crippen molar-refractivity contribution in [3.63, 3.8) is 0 Å². The summed E-state index contributed by atoms with van der Waals surface area (Å²) in [6, 6.07) is 16.3. The van der Waals surface area contributed by atoms with E-state index in [4.69, 9.17) is 32.9 Å². The molecule has 0 aliphatic heterocycles. The zero-order valence-corrected chi connectivity index (χ0v) is 23.7. The van der Waals surface area contributed by atoms with E-state index >= 15 is 0 Å². The summed E-state index contributed by atoms with van der Waals surface area (Å²) in [5.41, 5.74) is 5.26. The SMILES string of the molecule is COc1nc(-c2cccc(-c3cccc(NC(=O)c4ccc(I)n(C)c4=O)c3Cl)c2Cl)cc2c1CCC2. The molecule has 0 atom stereocenters. The maximum Gasteiger partial charge on any atom is 0.263 e. The molecule has 6 nitrogen and oxygen atoms in total. The molecule has 1 amide bonds. The van der Waals surface area contributed by atoms with E-state index in [1.54, 1.807) is 32.4 Å². The van der Waals surface area contributed by atoms with Crippen LogP contribution in [0.4, 0.5) is 5.69 Å². The first kappa shape index (κ1) is 25.8. The second-order valence-electron chi connectivity index (χ2n) is 8.73. The lowest BCUT2D eigenvalue weighted by molar-refractivity contribution is 0.102. The van der Waals surface area contributed by atoms with Crippen LogP contribution in [0.2, 0.25) is 10.0 Å². The van der Waals surface area contributed by atoms with Gasteiger partial charge in [-0.15, -0.1) is 0 Å². The number of methoxy groups -OCH3 is 1. The Morgan fingerprint density at radius 1 is 1.03 bits per heavy atom. The van der Waals surface area contributed by atoms with E-state index in [0.29, 0.717) is 32.7 Å². The molecule has 1 N–H and O–H groups in total. The molecule has 1 aliphatic rings. The van der Waals surface area contributed by atoms with Crippen molar-refractivity contribution < 1.29 is 9.53 Å². The Hall–Kier alpha value is -2.88. The Bertz CT molecular complexity index is 1620. The molecule has 4 aromatic rings. The zero-order valence-electron chi connectivity index (χ0n) is 20.1. The molecule has 2 heterocycles. The van der Waals surface area contributed by atoms with Gasteiger partial charge in [-0.05, 0) is 71.7 Å². The number of hydrogen-bond donors (Lipinski definition) is 1. The molecule has 5 rings (SSSR count). The monoisotopic (exact) mass is 645 g/mol. The fraction of sp³-hybridized carbons (Fsp3) is 0.179. The van der Waals surface area contributed by atoms with Crippen LogP contribution in [0, 0.1) is 3.70 Å². The Kier molecular flexibility index (Phi) is 7.29. The lowest BCUT2D eigenvalue weighted by atomic mass is 9.99. The van der Waals surface area contributed by atoms with Crippen LogP contribution in [-0.4, -0.2) is 22.6 Å². The van der Waals surface area contributed by atoms with Crippen molar-refractivity contribution in [1.82, 2.24) is 9.55 Å². The van der Waals surface area contributed by atoms with E-state index in [9.17, 15) is 9.59 Å². The molecule has 0 fully saturated rings. The first-order chi connectivity index (χ1) is 17.8. The molecule has 0 unspecified atom stereocenters. The summed E-state index contributed by atoms with van der Waals surface area (Å²) in [4.78, 5) is 30.2. The van der Waals surface area contributed by atoms with Crippen molar-refractivity contribution >= 4 is 57.4 Å². The highest BCUT2D eigenvalue weighted by atomic mass is 127. The molecule has 0 spiro atoms. The predicted molar refractivity (Wildman–Crippen MR) is 156 cm³/mol. The number of nitrogens with one attached hydrogen (secondary N) is 1. The van der Waals surface area contributed by atoms with Gasteiger partial charge in [0.15, 0.2) is 0 Å². The summed E-state index contributed by atoms with van der Waals surface area (Å²) in [5, 5.41) is 3.58. The van der Waals surface area contributed by atoms with E-state index in [2.05, 4.69) is 11.4 Å². The number of rotatable bonds is 5. The number of benzene rings is 2. The van der Waals surface area contributed by atoms with Crippen molar-refractivity contribution in [1.29, 1.82) is 0 Å². The smallest absolute Gasteiger partial charge is 0.263 e. The van der Waals surface area contributed by atoms with Gasteiger partial charge < -0.3 is 14.6 Å². The molecule has 37 heavy (non-hydrogen) atoms. The van der Waals surface area contributed by atoms with Crippen LogP contribution in [0.25, 0.3) is 22.4 Å². The Labute approximate surface area is 237 Å². The topological polar surface area (TPSA) is 73.2 Å². The van der Waals surface area contributed by atoms with Gasteiger partial charge in [0, 0.05) is 29.3 Å². The van der Waals surface area contributed by atoms with Gasteiger partial charge in [-0.1, -0.05) is 53.5 Å². The second kappa shape index (κ2) is 10.5. The van der Waals surface area contributed by atoms with Gasteiger partial charge in [0.1, 0.15) is 5.56 Å². The first-order valence-corrected chi connectivity index (χ1v) is 13.4. The maximum absolute atomic E-state index is 12.9. The number of pyridine rings is 2. The number of amides is 1. The van der Waals surface area contributed by atoms with Gasteiger partial charge in [0.25, 0.3) is 11.5 Å². The van der Waals surface area contributed by atoms with Crippen LogP contribution in [-0.2, 0) is 19.9 Å². The summed E-state index contributed by atoms with van der Waals surface area (Å²) < 4.78 is 7.71. The molecule has 188 valence electrons. The minimum Gasteiger partial charge on any atom is -0.481 e. The lowest BCUT2D eigenvalue weighted by Gasteiger charge is -2.15. The fourth-order valence-corrected chi connectivity index (χ4v) is 5.60. The number of anilines is 1. The highest BCUT2D eigenvalue weighted by molar-refractivity contribution is 14.1. The molecule has 0 radical (unpaired) electrons. The van der Waals surface area contributed by atoms with Crippen molar-refractivity contribution in [2.45, 2.75) is 19.3 Å². The van der Waals surface area contributed by atoms with Gasteiger partial charge >= 0.3 is 0 Å². The van der Waals surface area contributed by atoms with Crippen LogP contribution in [0.5, 0.6) is 5.88 Å². The number of hydrogen-bond acceptors (Lipinski definition) is 4. The van der Waals surface area contributed by atoms with E-state index < -0.39 is 5.91 Å². The highest BCUT2D eigenvalue weighted by Crippen LogP contribution is 2.42. The summed E-state index contributed by atoms with van der Waals surface area (Å²) >= 11 is 15.7. The predicted octanol–water partition coefficient (Wildman–Crippen LogP) is 6.78. The van der Waals surface area contributed by atoms with Crippen molar-refractivity contribution in [3.05, 3.63) is 95.4 Å². The van der Waals surface area contributed by atoms with E-state index in [-0.39, 0.29) is 11.1 Å². The first-order valence-electron chi connectivity index (χ1n) is 11.6. The minimum absolute atomic E-state index is 0.0287. The van der Waals surface area contributed by atoms with Gasteiger partial charge in [0.2, 0.25) is 5.88 Å². The number of halogens is 3. The van der Waals surface area contributed by atoms with Crippen LogP contribution in [0.15, 0.2) is 59.4 Å². The normalized spacial score (nSPS) is 12.4. The summed E-state index contributed by atoms with van der Waals surface area (Å²) in [7, 11) is 3.25. The Morgan fingerprint density at radius 2 is 1.73 bits per heavy atom. The number of aryl methyl sites for hydroxylation is 1. The lowest BCUT2D eigenvalue weighted by Crippen LogP contribution is -2.28. The van der Waals surface area contributed by atoms with Crippen LogP contribution in [0.3, 0.4) is 0 Å². The number of ether oxygens (including phenoxy) is 1. The second-order valence-corrected chi connectivity index (χ2v) is 10.6. The van der Waals surface area contributed by atoms with Gasteiger partial charge in [-0.3, -0.25) is 9.59 Å². The summed E-state index contributed by atoms with van der Waals surface area (Å²) in [5.74, 6) is 0.0984. The number of nitrogens with zero attached hydrogens (tertiary/aromatic N) is 2. The van der Waals surface area contributed by atoms with Crippen molar-refractivity contribution in [3.8, 4) is 28.3 Å². The number of carbonyl (C=O) groups excluding carboxylic acids is 1. The third-order valence-corrected chi connectivity index (χ3v) is 8.44.